The van der Waals surface area contributed by atoms with E-state index in [2.05, 4.69) is 10.1 Å². The first-order valence-corrected chi connectivity index (χ1v) is 5.95. The first-order chi connectivity index (χ1) is 9.52. The molecule has 2 atom stereocenters. The molecule has 0 fully saturated rings. The second-order valence-electron chi connectivity index (χ2n) is 4.26. The maximum atomic E-state index is 11.6. The number of esters is 1. The van der Waals surface area contributed by atoms with Gasteiger partial charge in [0.15, 0.2) is 17.5 Å². The highest BCUT2D eigenvalue weighted by molar-refractivity contribution is 5.83. The first-order valence-electron chi connectivity index (χ1n) is 5.95. The Kier molecular flexibility index (Phi) is 4.09. The van der Waals surface area contributed by atoms with Gasteiger partial charge >= 0.3 is 5.97 Å². The third-order valence-electron chi connectivity index (χ3n) is 2.87. The molecule has 20 heavy (non-hydrogen) atoms. The number of hydrogen-bond acceptors (Lipinski definition) is 6. The number of benzene rings is 1. The van der Waals surface area contributed by atoms with Gasteiger partial charge in [0.2, 0.25) is 12.7 Å². The summed E-state index contributed by atoms with van der Waals surface area (Å²) in [5.74, 6) is -0.131. The van der Waals surface area contributed by atoms with Gasteiger partial charge in [-0.3, -0.25) is 4.79 Å². The van der Waals surface area contributed by atoms with Crippen LogP contribution in [0.4, 0.5) is 0 Å². The molecule has 0 aromatic heterocycles. The quantitative estimate of drug-likeness (QED) is 0.762. The van der Waals surface area contributed by atoms with Gasteiger partial charge in [-0.25, -0.2) is 4.79 Å². The SMILES string of the molecule is COC(=O)C(NC(C)=O)C(O)c1ccc2c(c1)OCO2. The summed E-state index contributed by atoms with van der Waals surface area (Å²) in [4.78, 5) is 22.8. The number of rotatable bonds is 4. The van der Waals surface area contributed by atoms with Crippen molar-refractivity contribution in [3.05, 3.63) is 23.8 Å². The van der Waals surface area contributed by atoms with Crippen molar-refractivity contribution >= 4 is 11.9 Å². The molecule has 2 unspecified atom stereocenters. The molecule has 7 nitrogen and oxygen atoms in total. The fourth-order valence-corrected chi connectivity index (χ4v) is 1.90. The standard InChI is InChI=1S/C13H15NO6/c1-7(15)14-11(13(17)18-2)12(16)8-3-4-9-10(5-8)20-6-19-9/h3-5,11-12,16H,6H2,1-2H3,(H,14,15). The number of hydrogen-bond donors (Lipinski definition) is 2. The van der Waals surface area contributed by atoms with E-state index in [9.17, 15) is 14.7 Å². The highest BCUT2D eigenvalue weighted by Crippen LogP contribution is 2.34. The Bertz CT molecular complexity index is 530. The second kappa shape index (κ2) is 5.79. The van der Waals surface area contributed by atoms with Crippen molar-refractivity contribution in [3.8, 4) is 11.5 Å². The number of nitrogens with one attached hydrogen (secondary N) is 1. The molecule has 7 heteroatoms. The van der Waals surface area contributed by atoms with Gasteiger partial charge in [0.1, 0.15) is 6.10 Å². The molecule has 0 aliphatic carbocycles. The van der Waals surface area contributed by atoms with Crippen LogP contribution in [0.1, 0.15) is 18.6 Å². The van der Waals surface area contributed by atoms with E-state index in [1.54, 1.807) is 18.2 Å². The van der Waals surface area contributed by atoms with Gasteiger partial charge in [-0.2, -0.15) is 0 Å². The molecule has 0 spiro atoms. The molecule has 0 saturated heterocycles. The molecule has 0 bridgehead atoms. The molecule has 1 aliphatic heterocycles. The van der Waals surface area contributed by atoms with E-state index < -0.39 is 24.0 Å². The van der Waals surface area contributed by atoms with Gasteiger partial charge in [-0.1, -0.05) is 6.07 Å². The zero-order valence-corrected chi connectivity index (χ0v) is 11.1. The third-order valence-corrected chi connectivity index (χ3v) is 2.87. The molecular weight excluding hydrogens is 266 g/mol. The van der Waals surface area contributed by atoms with Crippen LogP contribution in [0, 0.1) is 0 Å². The maximum Gasteiger partial charge on any atom is 0.331 e. The molecule has 0 saturated carbocycles. The van der Waals surface area contributed by atoms with Crippen molar-refractivity contribution in [3.63, 3.8) is 0 Å². The Hall–Kier alpha value is -2.28. The van der Waals surface area contributed by atoms with Gasteiger partial charge in [-0.05, 0) is 17.7 Å². The fourth-order valence-electron chi connectivity index (χ4n) is 1.90. The highest BCUT2D eigenvalue weighted by atomic mass is 16.7. The number of ether oxygens (including phenoxy) is 3. The monoisotopic (exact) mass is 281 g/mol. The lowest BCUT2D eigenvalue weighted by molar-refractivity contribution is -0.148. The molecule has 1 heterocycles. The molecule has 1 amide bonds. The van der Waals surface area contributed by atoms with Crippen LogP contribution in [0.3, 0.4) is 0 Å². The number of aliphatic hydroxyl groups excluding tert-OH is 1. The van der Waals surface area contributed by atoms with Crippen LogP contribution < -0.4 is 14.8 Å². The van der Waals surface area contributed by atoms with E-state index in [-0.39, 0.29) is 6.79 Å². The van der Waals surface area contributed by atoms with Gasteiger partial charge in [0.25, 0.3) is 0 Å². The number of methoxy groups -OCH3 is 1. The zero-order chi connectivity index (χ0) is 14.7. The smallest absolute Gasteiger partial charge is 0.331 e. The van der Waals surface area contributed by atoms with Crippen LogP contribution >= 0.6 is 0 Å². The Morgan fingerprint density at radius 3 is 2.70 bits per heavy atom. The summed E-state index contributed by atoms with van der Waals surface area (Å²) in [6.07, 6.45) is -1.25. The van der Waals surface area contributed by atoms with Crippen LogP contribution in [0.15, 0.2) is 18.2 Å². The molecule has 2 N–H and O–H groups in total. The van der Waals surface area contributed by atoms with Gasteiger partial charge in [0.05, 0.1) is 7.11 Å². The number of carbonyl (C=O) groups is 2. The molecular formula is C13H15NO6. The minimum absolute atomic E-state index is 0.112. The molecule has 1 aromatic rings. The number of aliphatic hydroxyl groups is 1. The highest BCUT2D eigenvalue weighted by Gasteiger charge is 2.30. The summed E-state index contributed by atoms with van der Waals surface area (Å²) >= 11 is 0. The van der Waals surface area contributed by atoms with Crippen LogP contribution in [0.2, 0.25) is 0 Å². The van der Waals surface area contributed by atoms with Gasteiger partial charge in [0, 0.05) is 6.92 Å². The van der Waals surface area contributed by atoms with Gasteiger partial charge in [-0.15, -0.1) is 0 Å². The van der Waals surface area contributed by atoms with Gasteiger partial charge < -0.3 is 24.6 Å². The van der Waals surface area contributed by atoms with Crippen molar-refractivity contribution in [2.75, 3.05) is 13.9 Å². The Morgan fingerprint density at radius 1 is 1.35 bits per heavy atom. The Labute approximate surface area is 115 Å². The Morgan fingerprint density at radius 2 is 2.05 bits per heavy atom. The minimum atomic E-state index is -1.25. The molecule has 108 valence electrons. The molecule has 1 aliphatic rings. The normalized spacial score (nSPS) is 15.3. The van der Waals surface area contributed by atoms with Crippen molar-refractivity contribution in [1.29, 1.82) is 0 Å². The van der Waals surface area contributed by atoms with E-state index in [1.807, 2.05) is 0 Å². The van der Waals surface area contributed by atoms with Crippen molar-refractivity contribution < 1.29 is 28.9 Å². The van der Waals surface area contributed by atoms with Crippen molar-refractivity contribution in [2.24, 2.45) is 0 Å². The summed E-state index contributed by atoms with van der Waals surface area (Å²) < 4.78 is 14.9. The van der Waals surface area contributed by atoms with Crippen molar-refractivity contribution in [2.45, 2.75) is 19.1 Å². The summed E-state index contributed by atoms with van der Waals surface area (Å²) in [5, 5.41) is 12.6. The van der Waals surface area contributed by atoms with E-state index in [1.165, 1.54) is 14.0 Å². The lowest BCUT2D eigenvalue weighted by Crippen LogP contribution is -2.44. The maximum absolute atomic E-state index is 11.6. The second-order valence-corrected chi connectivity index (χ2v) is 4.26. The predicted octanol–water partition coefficient (Wildman–Crippen LogP) is 0.126. The molecule has 1 aromatic carbocycles. The Balaban J connectivity index is 2.24. The summed E-state index contributed by atoms with van der Waals surface area (Å²) in [6.45, 7) is 1.36. The lowest BCUT2D eigenvalue weighted by Gasteiger charge is -2.21. The number of carbonyl (C=O) groups excluding carboxylic acids is 2. The number of fused-ring (bicyclic) bond motifs is 1. The zero-order valence-electron chi connectivity index (χ0n) is 11.1. The summed E-state index contributed by atoms with van der Waals surface area (Å²) in [5.41, 5.74) is 0.415. The number of amides is 1. The van der Waals surface area contributed by atoms with E-state index in [0.717, 1.165) is 0 Å². The fraction of sp³-hybridized carbons (Fsp3) is 0.385. The van der Waals surface area contributed by atoms with E-state index >= 15 is 0 Å². The van der Waals surface area contributed by atoms with Crippen LogP contribution in [-0.2, 0) is 14.3 Å². The summed E-state index contributed by atoms with van der Waals surface area (Å²) in [6, 6.07) is 3.60. The average molecular weight is 281 g/mol. The average Bonchev–Trinajstić information content (AvgIpc) is 2.90. The largest absolute Gasteiger partial charge is 0.467 e. The molecule has 0 radical (unpaired) electrons. The first kappa shape index (κ1) is 14.1. The topological polar surface area (TPSA) is 94.1 Å². The van der Waals surface area contributed by atoms with Crippen LogP contribution in [-0.4, -0.2) is 36.9 Å². The van der Waals surface area contributed by atoms with Crippen molar-refractivity contribution in [1.82, 2.24) is 5.32 Å². The van der Waals surface area contributed by atoms with E-state index in [0.29, 0.717) is 17.1 Å². The lowest BCUT2D eigenvalue weighted by atomic mass is 10.0. The molecule has 2 rings (SSSR count). The van der Waals surface area contributed by atoms with Crippen LogP contribution in [0.5, 0.6) is 11.5 Å². The summed E-state index contributed by atoms with van der Waals surface area (Å²) in [7, 11) is 1.18. The third kappa shape index (κ3) is 2.83. The minimum Gasteiger partial charge on any atom is -0.467 e. The predicted molar refractivity (Wildman–Crippen MR) is 67.1 cm³/mol. The van der Waals surface area contributed by atoms with E-state index in [4.69, 9.17) is 9.47 Å². The van der Waals surface area contributed by atoms with Crippen LogP contribution in [0.25, 0.3) is 0 Å².